The van der Waals surface area contributed by atoms with Crippen molar-refractivity contribution in [2.24, 2.45) is 0 Å². The molecule has 0 bridgehead atoms. The fourth-order valence-electron chi connectivity index (χ4n) is 0.524. The lowest BCUT2D eigenvalue weighted by Crippen LogP contribution is -2.22. The van der Waals surface area contributed by atoms with Crippen molar-refractivity contribution < 1.29 is 22.7 Å². The predicted molar refractivity (Wildman–Crippen MR) is 31.8 cm³/mol. The average molecular weight is 181 g/mol. The molecule has 0 fully saturated rings. The van der Waals surface area contributed by atoms with Crippen LogP contribution in [0.2, 0.25) is 0 Å². The van der Waals surface area contributed by atoms with Crippen molar-refractivity contribution in [3.05, 3.63) is 0 Å². The molecule has 0 heterocycles. The Bertz CT molecular complexity index is 206. The first-order chi connectivity index (χ1) is 5.35. The molecule has 0 aliphatic heterocycles. The molecule has 0 aromatic carbocycles. The number of alkyl halides is 3. The van der Waals surface area contributed by atoms with E-state index in [4.69, 9.17) is 5.26 Å². The Kier molecular flexibility index (Phi) is 3.54. The lowest BCUT2D eigenvalue weighted by Gasteiger charge is -2.10. The van der Waals surface area contributed by atoms with Crippen LogP contribution in [0.4, 0.5) is 13.2 Å². The van der Waals surface area contributed by atoms with Gasteiger partial charge in [-0.15, -0.1) is 0 Å². The maximum absolute atomic E-state index is 11.6. The van der Waals surface area contributed by atoms with Gasteiger partial charge in [0.15, 0.2) is 6.10 Å². The van der Waals surface area contributed by atoms with Crippen molar-refractivity contribution in [2.45, 2.75) is 25.6 Å². The first kappa shape index (κ1) is 10.8. The number of esters is 1. The Hall–Kier alpha value is -1.25. The van der Waals surface area contributed by atoms with Gasteiger partial charge in [-0.3, -0.25) is 4.79 Å². The van der Waals surface area contributed by atoms with Crippen LogP contribution in [0.25, 0.3) is 0 Å². The Morgan fingerprint density at radius 2 is 2.17 bits per heavy atom. The van der Waals surface area contributed by atoms with Crippen molar-refractivity contribution in [2.75, 3.05) is 0 Å². The van der Waals surface area contributed by atoms with E-state index in [0.717, 1.165) is 6.92 Å². The smallest absolute Gasteiger partial charge is 0.393 e. The summed E-state index contributed by atoms with van der Waals surface area (Å²) < 4.78 is 38.9. The van der Waals surface area contributed by atoms with Crippen LogP contribution in [0.15, 0.2) is 0 Å². The second-order valence-corrected chi connectivity index (χ2v) is 2.05. The first-order valence-electron chi connectivity index (χ1n) is 2.98. The average Bonchev–Trinajstić information content (AvgIpc) is 1.82. The summed E-state index contributed by atoms with van der Waals surface area (Å²) in [5, 5.41) is 8.11. The highest BCUT2D eigenvalue weighted by atomic mass is 19.4. The van der Waals surface area contributed by atoms with Crippen LogP contribution in [0.1, 0.15) is 13.3 Å². The van der Waals surface area contributed by atoms with E-state index >= 15 is 0 Å². The minimum atomic E-state index is -4.49. The third-order valence-corrected chi connectivity index (χ3v) is 0.869. The van der Waals surface area contributed by atoms with Gasteiger partial charge in [-0.25, -0.2) is 0 Å². The van der Waals surface area contributed by atoms with E-state index in [2.05, 4.69) is 4.74 Å². The minimum Gasteiger partial charge on any atom is -0.447 e. The van der Waals surface area contributed by atoms with E-state index in [1.165, 1.54) is 6.07 Å². The molecule has 0 aliphatic rings. The number of hydrogen-bond donors (Lipinski definition) is 0. The fourth-order valence-corrected chi connectivity index (χ4v) is 0.524. The molecule has 12 heavy (non-hydrogen) atoms. The number of nitriles is 1. The molecule has 0 aromatic heterocycles. The van der Waals surface area contributed by atoms with E-state index in [1.807, 2.05) is 0 Å². The van der Waals surface area contributed by atoms with Gasteiger partial charge in [0.05, 0.1) is 6.42 Å². The van der Waals surface area contributed by atoms with E-state index in [0.29, 0.717) is 0 Å². The first-order valence-corrected chi connectivity index (χ1v) is 2.98. The van der Waals surface area contributed by atoms with Crippen molar-refractivity contribution in [3.63, 3.8) is 0 Å². The molecule has 3 nitrogen and oxygen atoms in total. The second-order valence-electron chi connectivity index (χ2n) is 2.05. The van der Waals surface area contributed by atoms with Crippen molar-refractivity contribution >= 4 is 5.97 Å². The van der Waals surface area contributed by atoms with Crippen molar-refractivity contribution in [1.29, 1.82) is 5.26 Å². The summed E-state index contributed by atoms with van der Waals surface area (Å²) in [5.74, 6) is -0.897. The molecule has 1 atom stereocenters. The lowest BCUT2D eigenvalue weighted by atomic mass is 10.3. The molecule has 6 heteroatoms. The zero-order chi connectivity index (χ0) is 9.78. The Morgan fingerprint density at radius 3 is 2.42 bits per heavy atom. The Balaban J connectivity index is 4.03. The number of rotatable bonds is 2. The number of halogens is 3. The molecule has 0 aliphatic carbocycles. The van der Waals surface area contributed by atoms with Gasteiger partial charge in [-0.1, -0.05) is 0 Å². The Labute approximate surface area is 66.7 Å². The van der Waals surface area contributed by atoms with Gasteiger partial charge >= 0.3 is 12.1 Å². The van der Waals surface area contributed by atoms with Gasteiger partial charge in [0.1, 0.15) is 6.07 Å². The zero-order valence-electron chi connectivity index (χ0n) is 6.18. The van der Waals surface area contributed by atoms with Crippen LogP contribution in [-0.2, 0) is 9.53 Å². The summed E-state index contributed by atoms with van der Waals surface area (Å²) in [6.45, 7) is 0.945. The molecule has 0 N–H and O–H groups in total. The molecular formula is C6H6F3NO2. The molecular weight excluding hydrogens is 175 g/mol. The molecule has 68 valence electrons. The van der Waals surface area contributed by atoms with Gasteiger partial charge in [0.25, 0.3) is 0 Å². The molecule has 0 radical (unpaired) electrons. The van der Waals surface area contributed by atoms with Gasteiger partial charge in [-0.2, -0.15) is 18.4 Å². The van der Waals surface area contributed by atoms with Gasteiger partial charge in [0, 0.05) is 6.92 Å². The van der Waals surface area contributed by atoms with Gasteiger partial charge in [-0.05, 0) is 0 Å². The standard InChI is InChI=1S/C6H6F3NO2/c1-4(11)12-5(3-10)2-6(7,8)9/h5H,2H2,1H3. The fraction of sp³-hybridized carbons (Fsp3) is 0.667. The third kappa shape index (κ3) is 5.53. The highest BCUT2D eigenvalue weighted by Gasteiger charge is 2.33. The molecule has 0 amide bonds. The van der Waals surface area contributed by atoms with Crippen molar-refractivity contribution in [1.82, 2.24) is 0 Å². The maximum Gasteiger partial charge on any atom is 0.393 e. The van der Waals surface area contributed by atoms with E-state index in [1.54, 1.807) is 0 Å². The Morgan fingerprint density at radius 1 is 1.67 bits per heavy atom. The summed E-state index contributed by atoms with van der Waals surface area (Å²) in [6, 6.07) is 1.23. The molecule has 0 saturated heterocycles. The quantitative estimate of drug-likeness (QED) is 0.605. The number of nitrogens with zero attached hydrogens (tertiary/aromatic N) is 1. The van der Waals surface area contributed by atoms with E-state index in [9.17, 15) is 18.0 Å². The highest BCUT2D eigenvalue weighted by molar-refractivity contribution is 5.66. The maximum atomic E-state index is 11.6. The SMILES string of the molecule is CC(=O)OC(C#N)CC(F)(F)F. The molecule has 0 spiro atoms. The largest absolute Gasteiger partial charge is 0.447 e. The lowest BCUT2D eigenvalue weighted by molar-refractivity contribution is -0.164. The summed E-state index contributed by atoms with van der Waals surface area (Å²) in [7, 11) is 0. The van der Waals surface area contributed by atoms with E-state index in [-0.39, 0.29) is 0 Å². The minimum absolute atomic E-state index is 0.897. The number of carbonyl (C=O) groups excluding carboxylic acids is 1. The second kappa shape index (κ2) is 3.95. The van der Waals surface area contributed by atoms with Crippen LogP contribution >= 0.6 is 0 Å². The summed E-state index contributed by atoms with van der Waals surface area (Å²) in [5.41, 5.74) is 0. The molecule has 0 rings (SSSR count). The summed E-state index contributed by atoms with van der Waals surface area (Å²) >= 11 is 0. The number of ether oxygens (including phenoxy) is 1. The van der Waals surface area contributed by atoms with Gasteiger partial charge in [0.2, 0.25) is 0 Å². The van der Waals surface area contributed by atoms with Crippen LogP contribution in [0.3, 0.4) is 0 Å². The summed E-state index contributed by atoms with van der Waals surface area (Å²) in [6.07, 6.45) is -7.65. The van der Waals surface area contributed by atoms with Crippen LogP contribution in [0, 0.1) is 11.3 Å². The van der Waals surface area contributed by atoms with Crippen LogP contribution in [-0.4, -0.2) is 18.2 Å². The van der Waals surface area contributed by atoms with Crippen molar-refractivity contribution in [3.8, 4) is 6.07 Å². The predicted octanol–water partition coefficient (Wildman–Crippen LogP) is 1.39. The van der Waals surface area contributed by atoms with Crippen LogP contribution < -0.4 is 0 Å². The highest BCUT2D eigenvalue weighted by Crippen LogP contribution is 2.22. The molecule has 0 aromatic rings. The van der Waals surface area contributed by atoms with E-state index < -0.39 is 24.7 Å². The summed E-state index contributed by atoms with van der Waals surface area (Å²) in [4.78, 5) is 10.2. The molecule has 0 saturated carbocycles. The monoisotopic (exact) mass is 181 g/mol. The number of hydrogen-bond acceptors (Lipinski definition) is 3. The van der Waals surface area contributed by atoms with Crippen LogP contribution in [0.5, 0.6) is 0 Å². The normalized spacial score (nSPS) is 13.2. The topological polar surface area (TPSA) is 50.1 Å². The number of carbonyl (C=O) groups is 1. The molecule has 1 unspecified atom stereocenters. The van der Waals surface area contributed by atoms with Gasteiger partial charge < -0.3 is 4.74 Å². The zero-order valence-corrected chi connectivity index (χ0v) is 6.18. The third-order valence-electron chi connectivity index (χ3n) is 0.869.